The first-order chi connectivity index (χ1) is 14.0. The van der Waals surface area contributed by atoms with Gasteiger partial charge in [-0.25, -0.2) is 9.97 Å². The molecule has 4 rings (SSSR count). The number of carbonyl (C=O) groups excluding carboxylic acids is 1. The molecule has 0 aliphatic carbocycles. The molecule has 0 spiro atoms. The highest BCUT2D eigenvalue weighted by Crippen LogP contribution is 2.30. The number of amides is 1. The standard InChI is InChI=1S/C19H24ClN7O2/c1-27-6-5-14-11(10-27)7-15(18(24-14)29-2)25-19-22-9-13(20)17(26-19)21-8-12-3-4-16(28)23-12/h7,9,12H,3-6,8,10H2,1-2H3,(H,23,28)(H2,21,22,25,26). The molecule has 0 saturated carbocycles. The molecule has 0 bridgehead atoms. The topological polar surface area (TPSA) is 104 Å². The molecule has 2 aliphatic rings. The maximum atomic E-state index is 11.4. The van der Waals surface area contributed by atoms with E-state index in [1.165, 1.54) is 0 Å². The number of rotatable bonds is 6. The summed E-state index contributed by atoms with van der Waals surface area (Å²) in [7, 11) is 3.69. The van der Waals surface area contributed by atoms with Crippen molar-refractivity contribution in [2.75, 3.05) is 37.9 Å². The molecule has 0 radical (unpaired) electrons. The fraction of sp³-hybridized carbons (Fsp3) is 0.474. The van der Waals surface area contributed by atoms with Crippen molar-refractivity contribution in [2.45, 2.75) is 31.8 Å². The lowest BCUT2D eigenvalue weighted by Gasteiger charge is -2.25. The molecular weight excluding hydrogens is 394 g/mol. The lowest BCUT2D eigenvalue weighted by atomic mass is 10.1. The largest absolute Gasteiger partial charge is 0.480 e. The molecule has 4 heterocycles. The number of ether oxygens (including phenoxy) is 1. The Kier molecular flexibility index (Phi) is 5.68. The zero-order valence-corrected chi connectivity index (χ0v) is 17.2. The lowest BCUT2D eigenvalue weighted by molar-refractivity contribution is -0.119. The Morgan fingerprint density at radius 2 is 2.24 bits per heavy atom. The summed E-state index contributed by atoms with van der Waals surface area (Å²) in [6.07, 6.45) is 3.79. The third-order valence-electron chi connectivity index (χ3n) is 5.11. The van der Waals surface area contributed by atoms with Gasteiger partial charge in [0.1, 0.15) is 10.7 Å². The lowest BCUT2D eigenvalue weighted by Crippen LogP contribution is -2.32. The van der Waals surface area contributed by atoms with Crippen LogP contribution in [0, 0.1) is 0 Å². The molecule has 2 aromatic rings. The minimum Gasteiger partial charge on any atom is -0.480 e. The van der Waals surface area contributed by atoms with Gasteiger partial charge in [0, 0.05) is 38.5 Å². The van der Waals surface area contributed by atoms with Crippen molar-refractivity contribution < 1.29 is 9.53 Å². The molecule has 1 fully saturated rings. The predicted octanol–water partition coefficient (Wildman–Crippen LogP) is 1.96. The van der Waals surface area contributed by atoms with E-state index in [1.807, 2.05) is 6.07 Å². The van der Waals surface area contributed by atoms with Gasteiger partial charge in [-0.2, -0.15) is 4.98 Å². The maximum absolute atomic E-state index is 11.4. The van der Waals surface area contributed by atoms with E-state index in [9.17, 15) is 4.79 Å². The molecule has 9 nitrogen and oxygen atoms in total. The summed E-state index contributed by atoms with van der Waals surface area (Å²) in [4.78, 5) is 27.0. The highest BCUT2D eigenvalue weighted by molar-refractivity contribution is 6.32. The number of methoxy groups -OCH3 is 1. The maximum Gasteiger partial charge on any atom is 0.237 e. The van der Waals surface area contributed by atoms with E-state index in [0.29, 0.717) is 41.3 Å². The van der Waals surface area contributed by atoms with Crippen LogP contribution in [0.15, 0.2) is 12.3 Å². The molecule has 1 amide bonds. The number of anilines is 3. The van der Waals surface area contributed by atoms with E-state index in [0.717, 1.165) is 37.2 Å². The summed E-state index contributed by atoms with van der Waals surface area (Å²) in [6, 6.07) is 2.11. The number of hydrogen-bond donors (Lipinski definition) is 3. The Morgan fingerprint density at radius 3 is 3.00 bits per heavy atom. The SMILES string of the molecule is COc1nc2c(cc1Nc1ncc(Cl)c(NCC3CCC(=O)N3)n1)CN(C)CC2. The quantitative estimate of drug-likeness (QED) is 0.655. The number of aromatic nitrogens is 3. The first-order valence-corrected chi connectivity index (χ1v) is 9.97. The number of carbonyl (C=O) groups is 1. The molecule has 1 atom stereocenters. The van der Waals surface area contributed by atoms with Gasteiger partial charge in [-0.15, -0.1) is 0 Å². The molecule has 2 aromatic heterocycles. The first-order valence-electron chi connectivity index (χ1n) is 9.60. The number of hydrogen-bond acceptors (Lipinski definition) is 8. The van der Waals surface area contributed by atoms with Crippen LogP contribution in [0.4, 0.5) is 17.5 Å². The van der Waals surface area contributed by atoms with Crippen molar-refractivity contribution in [1.29, 1.82) is 0 Å². The smallest absolute Gasteiger partial charge is 0.237 e. The number of fused-ring (bicyclic) bond motifs is 1. The van der Waals surface area contributed by atoms with E-state index >= 15 is 0 Å². The second-order valence-electron chi connectivity index (χ2n) is 7.34. The van der Waals surface area contributed by atoms with Crippen LogP contribution in [-0.4, -0.2) is 59.0 Å². The van der Waals surface area contributed by atoms with Crippen LogP contribution in [0.2, 0.25) is 5.02 Å². The van der Waals surface area contributed by atoms with Crippen LogP contribution in [0.1, 0.15) is 24.1 Å². The summed E-state index contributed by atoms with van der Waals surface area (Å²) in [6.45, 7) is 2.37. The second kappa shape index (κ2) is 8.38. The normalized spacial score (nSPS) is 18.9. The molecule has 3 N–H and O–H groups in total. The molecule has 2 aliphatic heterocycles. The van der Waals surface area contributed by atoms with E-state index < -0.39 is 0 Å². The minimum absolute atomic E-state index is 0.0746. The van der Waals surface area contributed by atoms with E-state index in [1.54, 1.807) is 13.3 Å². The van der Waals surface area contributed by atoms with Crippen molar-refractivity contribution in [3.63, 3.8) is 0 Å². The van der Waals surface area contributed by atoms with Gasteiger partial charge in [-0.05, 0) is 25.1 Å². The zero-order chi connectivity index (χ0) is 20.4. The van der Waals surface area contributed by atoms with E-state index in [4.69, 9.17) is 16.3 Å². The summed E-state index contributed by atoms with van der Waals surface area (Å²) >= 11 is 6.24. The van der Waals surface area contributed by atoms with Gasteiger partial charge in [-0.3, -0.25) is 4.79 Å². The van der Waals surface area contributed by atoms with Crippen molar-refractivity contribution in [3.8, 4) is 5.88 Å². The van der Waals surface area contributed by atoms with Crippen LogP contribution in [0.5, 0.6) is 5.88 Å². The molecule has 0 aromatic carbocycles. The van der Waals surface area contributed by atoms with Gasteiger partial charge in [0.2, 0.25) is 17.7 Å². The molecule has 1 unspecified atom stereocenters. The Bertz CT molecular complexity index is 924. The first kappa shape index (κ1) is 19.7. The summed E-state index contributed by atoms with van der Waals surface area (Å²) in [5.41, 5.74) is 2.92. The zero-order valence-electron chi connectivity index (χ0n) is 16.5. The Morgan fingerprint density at radius 1 is 1.38 bits per heavy atom. The molecule has 154 valence electrons. The minimum atomic E-state index is 0.0746. The molecule has 10 heteroatoms. The van der Waals surface area contributed by atoms with Gasteiger partial charge in [-0.1, -0.05) is 11.6 Å². The van der Waals surface area contributed by atoms with Crippen LogP contribution >= 0.6 is 11.6 Å². The third kappa shape index (κ3) is 4.51. The number of halogens is 1. The highest BCUT2D eigenvalue weighted by Gasteiger charge is 2.21. The van der Waals surface area contributed by atoms with Crippen LogP contribution in [0.3, 0.4) is 0 Å². The van der Waals surface area contributed by atoms with Crippen LogP contribution < -0.4 is 20.7 Å². The van der Waals surface area contributed by atoms with Gasteiger partial charge in [0.05, 0.1) is 19.0 Å². The molecule has 1 saturated heterocycles. The van der Waals surface area contributed by atoms with Gasteiger partial charge >= 0.3 is 0 Å². The van der Waals surface area contributed by atoms with Crippen molar-refractivity contribution >= 4 is 35.0 Å². The number of nitrogens with zero attached hydrogens (tertiary/aromatic N) is 4. The summed E-state index contributed by atoms with van der Waals surface area (Å²) < 4.78 is 5.46. The van der Waals surface area contributed by atoms with Gasteiger partial charge in [0.25, 0.3) is 0 Å². The van der Waals surface area contributed by atoms with Crippen molar-refractivity contribution in [3.05, 3.63) is 28.5 Å². The highest BCUT2D eigenvalue weighted by atomic mass is 35.5. The second-order valence-corrected chi connectivity index (χ2v) is 7.75. The monoisotopic (exact) mass is 417 g/mol. The van der Waals surface area contributed by atoms with Crippen LogP contribution in [0.25, 0.3) is 0 Å². The Hall–Kier alpha value is -2.65. The fourth-order valence-electron chi connectivity index (χ4n) is 3.56. The average molecular weight is 418 g/mol. The van der Waals surface area contributed by atoms with Crippen molar-refractivity contribution in [2.24, 2.45) is 0 Å². The van der Waals surface area contributed by atoms with Crippen LogP contribution in [-0.2, 0) is 17.8 Å². The Balaban J connectivity index is 1.52. The van der Waals surface area contributed by atoms with E-state index in [-0.39, 0.29) is 11.9 Å². The summed E-state index contributed by atoms with van der Waals surface area (Å²) in [5.74, 6) is 1.48. The summed E-state index contributed by atoms with van der Waals surface area (Å²) in [5, 5.41) is 9.72. The number of nitrogens with one attached hydrogen (secondary N) is 3. The molecular formula is C19H24ClN7O2. The fourth-order valence-corrected chi connectivity index (χ4v) is 3.72. The Labute approximate surface area is 174 Å². The van der Waals surface area contributed by atoms with Gasteiger partial charge < -0.3 is 25.6 Å². The average Bonchev–Trinajstić information content (AvgIpc) is 3.13. The number of likely N-dealkylation sites (N-methyl/N-ethyl adjacent to an activating group) is 1. The molecule has 29 heavy (non-hydrogen) atoms. The van der Waals surface area contributed by atoms with Crippen molar-refractivity contribution in [1.82, 2.24) is 25.2 Å². The van der Waals surface area contributed by atoms with E-state index in [2.05, 4.69) is 42.8 Å². The predicted molar refractivity (Wildman–Crippen MR) is 111 cm³/mol. The third-order valence-corrected chi connectivity index (χ3v) is 5.39. The number of pyridine rings is 1. The van der Waals surface area contributed by atoms with Gasteiger partial charge in [0.15, 0.2) is 5.82 Å².